The molecular formula is C13H23NO. The van der Waals surface area contributed by atoms with Crippen molar-refractivity contribution < 1.29 is 4.79 Å². The Morgan fingerprint density at radius 3 is 2.47 bits per heavy atom. The van der Waals surface area contributed by atoms with E-state index in [-0.39, 0.29) is 10.8 Å². The first-order chi connectivity index (χ1) is 6.90. The number of hydrogen-bond acceptors (Lipinski definition) is 2. The Bertz CT molecular complexity index is 282. The van der Waals surface area contributed by atoms with Crippen LogP contribution < -0.4 is 0 Å². The van der Waals surface area contributed by atoms with E-state index in [1.807, 2.05) is 0 Å². The van der Waals surface area contributed by atoms with Gasteiger partial charge in [-0.15, -0.1) is 0 Å². The lowest BCUT2D eigenvalue weighted by atomic mass is 9.67. The van der Waals surface area contributed by atoms with Crippen LogP contribution in [0.1, 0.15) is 39.5 Å². The van der Waals surface area contributed by atoms with Crippen molar-refractivity contribution in [1.29, 1.82) is 0 Å². The highest BCUT2D eigenvalue weighted by Gasteiger charge is 2.63. The maximum absolute atomic E-state index is 12.2. The van der Waals surface area contributed by atoms with Crippen LogP contribution in [0.15, 0.2) is 0 Å². The summed E-state index contributed by atoms with van der Waals surface area (Å²) < 4.78 is 0. The molecule has 2 aliphatic rings. The lowest BCUT2D eigenvalue weighted by Crippen LogP contribution is -2.38. The summed E-state index contributed by atoms with van der Waals surface area (Å²) in [6.07, 6.45) is 4.31. The van der Waals surface area contributed by atoms with E-state index in [1.54, 1.807) is 0 Å². The van der Waals surface area contributed by atoms with Crippen LogP contribution in [-0.2, 0) is 4.79 Å². The van der Waals surface area contributed by atoms with Gasteiger partial charge in [0.05, 0.1) is 0 Å². The summed E-state index contributed by atoms with van der Waals surface area (Å²) in [5.41, 5.74) is 0.266. The van der Waals surface area contributed by atoms with E-state index in [0.29, 0.717) is 11.7 Å². The van der Waals surface area contributed by atoms with Gasteiger partial charge in [0.25, 0.3) is 0 Å². The van der Waals surface area contributed by atoms with Gasteiger partial charge in [-0.3, -0.25) is 4.79 Å². The Balaban J connectivity index is 2.20. The quantitative estimate of drug-likeness (QED) is 0.711. The predicted molar refractivity (Wildman–Crippen MR) is 61.7 cm³/mol. The van der Waals surface area contributed by atoms with Crippen LogP contribution in [0.4, 0.5) is 0 Å². The number of carbonyl (C=O) groups excluding carboxylic acids is 1. The number of hydrogen-bond donors (Lipinski definition) is 0. The molecule has 0 aromatic rings. The lowest BCUT2D eigenvalue weighted by Gasteiger charge is -2.37. The zero-order valence-electron chi connectivity index (χ0n) is 10.5. The molecule has 0 spiro atoms. The molecule has 0 amide bonds. The Labute approximate surface area is 93.0 Å². The maximum Gasteiger partial charge on any atom is 0.139 e. The zero-order chi connectivity index (χ0) is 11.3. The molecule has 0 aliphatic heterocycles. The van der Waals surface area contributed by atoms with Gasteiger partial charge in [-0.1, -0.05) is 13.8 Å². The van der Waals surface area contributed by atoms with E-state index < -0.39 is 0 Å². The third kappa shape index (κ3) is 1.37. The normalized spacial score (nSPS) is 37.9. The molecule has 0 aromatic carbocycles. The van der Waals surface area contributed by atoms with Crippen LogP contribution >= 0.6 is 0 Å². The van der Waals surface area contributed by atoms with Gasteiger partial charge in [-0.2, -0.15) is 0 Å². The number of ketones is 1. The molecule has 2 nitrogen and oxygen atoms in total. The molecule has 0 saturated heterocycles. The standard InChI is InChI=1S/C13H23NO/c1-12(2)10-5-6-13(12,11(15)9-10)7-8-14(3)4/h10H,5-9H2,1-4H3/t10-,13-/m1/s1. The molecule has 86 valence electrons. The van der Waals surface area contributed by atoms with Gasteiger partial charge < -0.3 is 4.90 Å². The molecular weight excluding hydrogens is 186 g/mol. The van der Waals surface area contributed by atoms with Crippen molar-refractivity contribution in [3.8, 4) is 0 Å². The topological polar surface area (TPSA) is 20.3 Å². The molecule has 2 heteroatoms. The number of fused-ring (bicyclic) bond motifs is 2. The van der Waals surface area contributed by atoms with Crippen LogP contribution in [0.25, 0.3) is 0 Å². The van der Waals surface area contributed by atoms with Crippen LogP contribution in [-0.4, -0.2) is 31.3 Å². The fourth-order valence-corrected chi connectivity index (χ4v) is 3.77. The lowest BCUT2D eigenvalue weighted by molar-refractivity contribution is -0.130. The van der Waals surface area contributed by atoms with Crippen LogP contribution in [0.3, 0.4) is 0 Å². The number of carbonyl (C=O) groups is 1. The van der Waals surface area contributed by atoms with E-state index in [9.17, 15) is 4.79 Å². The first-order valence-electron chi connectivity index (χ1n) is 6.08. The van der Waals surface area contributed by atoms with Gasteiger partial charge in [-0.25, -0.2) is 0 Å². The van der Waals surface area contributed by atoms with Crippen molar-refractivity contribution in [2.75, 3.05) is 20.6 Å². The van der Waals surface area contributed by atoms with E-state index in [2.05, 4.69) is 32.8 Å². The predicted octanol–water partition coefficient (Wildman–Crippen LogP) is 2.33. The molecule has 2 fully saturated rings. The molecule has 2 rings (SSSR count). The summed E-state index contributed by atoms with van der Waals surface area (Å²) in [5.74, 6) is 1.21. The monoisotopic (exact) mass is 209 g/mol. The first-order valence-corrected chi connectivity index (χ1v) is 6.08. The summed E-state index contributed by atoms with van der Waals surface area (Å²) >= 11 is 0. The molecule has 2 atom stereocenters. The molecule has 0 unspecified atom stereocenters. The second-order valence-electron chi connectivity index (χ2n) is 6.22. The van der Waals surface area contributed by atoms with Gasteiger partial charge in [0.15, 0.2) is 0 Å². The molecule has 2 saturated carbocycles. The second kappa shape index (κ2) is 3.31. The fourth-order valence-electron chi connectivity index (χ4n) is 3.77. The van der Waals surface area contributed by atoms with Crippen molar-refractivity contribution in [2.24, 2.45) is 16.7 Å². The summed E-state index contributed by atoms with van der Waals surface area (Å²) in [7, 11) is 4.19. The zero-order valence-corrected chi connectivity index (χ0v) is 10.5. The van der Waals surface area contributed by atoms with Crippen molar-refractivity contribution in [3.63, 3.8) is 0 Å². The second-order valence-corrected chi connectivity index (χ2v) is 6.22. The van der Waals surface area contributed by atoms with Gasteiger partial charge in [0.2, 0.25) is 0 Å². The van der Waals surface area contributed by atoms with Crippen molar-refractivity contribution in [3.05, 3.63) is 0 Å². The third-order valence-corrected chi connectivity index (χ3v) is 5.12. The summed E-state index contributed by atoms with van der Waals surface area (Å²) in [6, 6.07) is 0. The summed E-state index contributed by atoms with van der Waals surface area (Å²) in [5, 5.41) is 0. The van der Waals surface area contributed by atoms with E-state index >= 15 is 0 Å². The molecule has 0 N–H and O–H groups in total. The van der Waals surface area contributed by atoms with E-state index in [1.165, 1.54) is 6.42 Å². The smallest absolute Gasteiger partial charge is 0.139 e. The highest BCUT2D eigenvalue weighted by Crippen LogP contribution is 2.65. The van der Waals surface area contributed by atoms with Gasteiger partial charge in [-0.05, 0) is 51.2 Å². The van der Waals surface area contributed by atoms with Crippen LogP contribution in [0.5, 0.6) is 0 Å². The maximum atomic E-state index is 12.2. The van der Waals surface area contributed by atoms with Crippen LogP contribution in [0, 0.1) is 16.7 Å². The highest BCUT2D eigenvalue weighted by atomic mass is 16.1. The van der Waals surface area contributed by atoms with E-state index in [4.69, 9.17) is 0 Å². The first kappa shape index (κ1) is 11.1. The number of Topliss-reactive ketones (excluding diaryl/α,β-unsaturated/α-hetero) is 1. The summed E-state index contributed by atoms with van der Waals surface area (Å²) in [4.78, 5) is 14.4. The molecule has 2 bridgehead atoms. The number of nitrogens with zero attached hydrogens (tertiary/aromatic N) is 1. The van der Waals surface area contributed by atoms with Crippen molar-refractivity contribution in [2.45, 2.75) is 39.5 Å². The molecule has 0 aromatic heterocycles. The minimum absolute atomic E-state index is 0.0158. The minimum atomic E-state index is 0.0158. The van der Waals surface area contributed by atoms with Gasteiger partial charge >= 0.3 is 0 Å². The minimum Gasteiger partial charge on any atom is -0.309 e. The number of rotatable bonds is 3. The SMILES string of the molecule is CN(C)CC[C@]12CC[C@H](CC1=O)C2(C)C. The van der Waals surface area contributed by atoms with E-state index in [0.717, 1.165) is 25.8 Å². The largest absolute Gasteiger partial charge is 0.309 e. The van der Waals surface area contributed by atoms with Gasteiger partial charge in [0.1, 0.15) is 5.78 Å². The van der Waals surface area contributed by atoms with Crippen LogP contribution in [0.2, 0.25) is 0 Å². The molecule has 0 heterocycles. The summed E-state index contributed by atoms with van der Waals surface area (Å²) in [6.45, 7) is 5.67. The Kier molecular flexibility index (Phi) is 2.45. The average Bonchev–Trinajstić information content (AvgIpc) is 2.47. The van der Waals surface area contributed by atoms with Crippen molar-refractivity contribution in [1.82, 2.24) is 4.90 Å². The van der Waals surface area contributed by atoms with Crippen molar-refractivity contribution >= 4 is 5.78 Å². The Morgan fingerprint density at radius 1 is 1.40 bits per heavy atom. The highest BCUT2D eigenvalue weighted by molar-refractivity contribution is 5.89. The third-order valence-electron chi connectivity index (χ3n) is 5.12. The fraction of sp³-hybridized carbons (Fsp3) is 0.923. The Hall–Kier alpha value is -0.370. The van der Waals surface area contributed by atoms with Gasteiger partial charge in [0, 0.05) is 11.8 Å². The molecule has 2 aliphatic carbocycles. The molecule has 15 heavy (non-hydrogen) atoms. The molecule has 0 radical (unpaired) electrons. The average molecular weight is 209 g/mol. The Morgan fingerprint density at radius 2 is 2.07 bits per heavy atom.